The first-order valence-corrected chi connectivity index (χ1v) is 10.7. The number of rotatable bonds is 5. The van der Waals surface area contributed by atoms with Crippen molar-refractivity contribution < 1.29 is 14.3 Å². The normalized spacial score (nSPS) is 14.4. The summed E-state index contributed by atoms with van der Waals surface area (Å²) in [5, 5.41) is 13.6. The van der Waals surface area contributed by atoms with Crippen LogP contribution in [-0.2, 0) is 0 Å². The van der Waals surface area contributed by atoms with Crippen molar-refractivity contribution in [1.29, 1.82) is 0 Å². The summed E-state index contributed by atoms with van der Waals surface area (Å²) >= 11 is 1.60. The Balaban J connectivity index is 1.36. The lowest BCUT2D eigenvalue weighted by molar-refractivity contribution is 0.194. The number of piperidine rings is 1. The number of methoxy groups -OCH3 is 2. The lowest BCUT2D eigenvalue weighted by Gasteiger charge is -2.31. The van der Waals surface area contributed by atoms with E-state index in [-0.39, 0.29) is 6.03 Å². The molecule has 0 spiro atoms. The Morgan fingerprint density at radius 1 is 1.07 bits per heavy atom. The molecule has 0 radical (unpaired) electrons. The van der Waals surface area contributed by atoms with E-state index in [4.69, 9.17) is 9.47 Å². The summed E-state index contributed by atoms with van der Waals surface area (Å²) in [7, 11) is 3.27. The fourth-order valence-electron chi connectivity index (χ4n) is 3.56. The molecular formula is C22H24N4O3S. The van der Waals surface area contributed by atoms with Crippen LogP contribution < -0.4 is 14.8 Å². The molecule has 0 atom stereocenters. The van der Waals surface area contributed by atoms with E-state index >= 15 is 0 Å². The average molecular weight is 425 g/mol. The molecule has 4 rings (SSSR count). The SMILES string of the molecule is COc1cccc(NC(=O)N2CCC(c3nnc(-c4ccccc4OC)s3)CC2)c1. The highest BCUT2D eigenvalue weighted by atomic mass is 32.1. The summed E-state index contributed by atoms with van der Waals surface area (Å²) in [6.07, 6.45) is 1.73. The number of nitrogens with zero attached hydrogens (tertiary/aromatic N) is 3. The maximum absolute atomic E-state index is 12.6. The van der Waals surface area contributed by atoms with Crippen LogP contribution in [0.1, 0.15) is 23.8 Å². The van der Waals surface area contributed by atoms with Crippen molar-refractivity contribution in [2.75, 3.05) is 32.6 Å². The quantitative estimate of drug-likeness (QED) is 0.646. The second-order valence-electron chi connectivity index (χ2n) is 7.07. The highest BCUT2D eigenvalue weighted by molar-refractivity contribution is 7.14. The molecule has 30 heavy (non-hydrogen) atoms. The predicted octanol–water partition coefficient (Wildman–Crippen LogP) is 4.63. The molecule has 8 heteroatoms. The summed E-state index contributed by atoms with van der Waals surface area (Å²) in [6.45, 7) is 1.37. The smallest absolute Gasteiger partial charge is 0.321 e. The number of benzene rings is 2. The Hall–Kier alpha value is -3.13. The monoisotopic (exact) mass is 424 g/mol. The minimum atomic E-state index is -0.0892. The lowest BCUT2D eigenvalue weighted by atomic mass is 9.98. The molecule has 2 heterocycles. The number of nitrogens with one attached hydrogen (secondary N) is 1. The van der Waals surface area contributed by atoms with Crippen LogP contribution in [0.25, 0.3) is 10.6 Å². The Morgan fingerprint density at radius 3 is 2.63 bits per heavy atom. The van der Waals surface area contributed by atoms with Gasteiger partial charge in [-0.1, -0.05) is 29.5 Å². The van der Waals surface area contributed by atoms with E-state index in [2.05, 4.69) is 15.5 Å². The molecule has 1 N–H and O–H groups in total. The van der Waals surface area contributed by atoms with Crippen LogP contribution in [-0.4, -0.2) is 48.4 Å². The third kappa shape index (κ3) is 4.38. The van der Waals surface area contributed by atoms with Crippen LogP contribution in [0.2, 0.25) is 0 Å². The number of anilines is 1. The Kier molecular flexibility index (Phi) is 6.13. The zero-order chi connectivity index (χ0) is 20.9. The number of carbonyl (C=O) groups excluding carboxylic acids is 1. The van der Waals surface area contributed by atoms with Gasteiger partial charge in [-0.25, -0.2) is 4.79 Å². The van der Waals surface area contributed by atoms with Crippen LogP contribution in [0, 0.1) is 0 Å². The van der Waals surface area contributed by atoms with E-state index in [1.807, 2.05) is 53.4 Å². The third-order valence-corrected chi connectivity index (χ3v) is 6.35. The van der Waals surface area contributed by atoms with Crippen molar-refractivity contribution >= 4 is 23.1 Å². The number of para-hydroxylation sites is 1. The van der Waals surface area contributed by atoms with Crippen LogP contribution in [0.5, 0.6) is 11.5 Å². The minimum absolute atomic E-state index is 0.0892. The molecular weight excluding hydrogens is 400 g/mol. The molecule has 1 aromatic heterocycles. The van der Waals surface area contributed by atoms with Gasteiger partial charge in [0.1, 0.15) is 16.5 Å². The number of urea groups is 1. The largest absolute Gasteiger partial charge is 0.497 e. The van der Waals surface area contributed by atoms with Gasteiger partial charge in [0, 0.05) is 30.8 Å². The van der Waals surface area contributed by atoms with Gasteiger partial charge in [0.15, 0.2) is 5.01 Å². The number of ether oxygens (including phenoxy) is 2. The summed E-state index contributed by atoms with van der Waals surface area (Å²) in [5.74, 6) is 1.82. The molecule has 0 bridgehead atoms. The van der Waals surface area contributed by atoms with Crippen LogP contribution in [0.15, 0.2) is 48.5 Å². The fraction of sp³-hybridized carbons (Fsp3) is 0.318. The zero-order valence-electron chi connectivity index (χ0n) is 17.0. The maximum Gasteiger partial charge on any atom is 0.321 e. The number of hydrogen-bond donors (Lipinski definition) is 1. The molecule has 0 saturated carbocycles. The molecule has 7 nitrogen and oxygen atoms in total. The highest BCUT2D eigenvalue weighted by Gasteiger charge is 2.26. The highest BCUT2D eigenvalue weighted by Crippen LogP contribution is 2.36. The first-order valence-electron chi connectivity index (χ1n) is 9.84. The van der Waals surface area contributed by atoms with Gasteiger partial charge in [0.05, 0.1) is 19.8 Å². The first kappa shape index (κ1) is 20.2. The van der Waals surface area contributed by atoms with E-state index in [0.29, 0.717) is 24.8 Å². The number of likely N-dealkylation sites (tertiary alicyclic amines) is 1. The zero-order valence-corrected chi connectivity index (χ0v) is 17.8. The first-order chi connectivity index (χ1) is 14.7. The van der Waals surface area contributed by atoms with Gasteiger partial charge in [-0.05, 0) is 37.1 Å². The topological polar surface area (TPSA) is 76.6 Å². The number of hydrogen-bond acceptors (Lipinski definition) is 6. The van der Waals surface area contributed by atoms with Crippen molar-refractivity contribution in [3.8, 4) is 22.1 Å². The average Bonchev–Trinajstić information content (AvgIpc) is 3.29. The molecule has 0 unspecified atom stereocenters. The molecule has 3 aromatic rings. The summed E-state index contributed by atoms with van der Waals surface area (Å²) in [4.78, 5) is 14.5. The molecule has 1 aliphatic heterocycles. The lowest BCUT2D eigenvalue weighted by Crippen LogP contribution is -2.40. The van der Waals surface area contributed by atoms with Crippen molar-refractivity contribution in [2.24, 2.45) is 0 Å². The van der Waals surface area contributed by atoms with Gasteiger partial charge < -0.3 is 19.7 Å². The molecule has 2 aromatic carbocycles. The van der Waals surface area contributed by atoms with E-state index < -0.39 is 0 Å². The summed E-state index contributed by atoms with van der Waals surface area (Å²) < 4.78 is 10.6. The standard InChI is InChI=1S/C22H24N4O3S/c1-28-17-7-5-6-16(14-17)23-22(27)26-12-10-15(11-13-26)20-24-25-21(30-20)18-8-3-4-9-19(18)29-2/h3-9,14-15H,10-13H2,1-2H3,(H,23,27). The van der Waals surface area contributed by atoms with Gasteiger partial charge >= 0.3 is 6.03 Å². The Labute approximate surface area is 179 Å². The summed E-state index contributed by atoms with van der Waals surface area (Å²) in [6, 6.07) is 15.1. The molecule has 2 amide bonds. The van der Waals surface area contributed by atoms with Crippen molar-refractivity contribution in [3.63, 3.8) is 0 Å². The Bertz CT molecular complexity index is 1010. The number of aromatic nitrogens is 2. The fourth-order valence-corrected chi connectivity index (χ4v) is 4.60. The molecule has 1 fully saturated rings. The van der Waals surface area contributed by atoms with Gasteiger partial charge in [-0.2, -0.15) is 0 Å². The number of carbonyl (C=O) groups is 1. The van der Waals surface area contributed by atoms with Gasteiger partial charge in [0.2, 0.25) is 0 Å². The number of amides is 2. The Morgan fingerprint density at radius 2 is 1.87 bits per heavy atom. The van der Waals surface area contributed by atoms with Crippen LogP contribution in [0.4, 0.5) is 10.5 Å². The summed E-state index contributed by atoms with van der Waals surface area (Å²) in [5.41, 5.74) is 1.69. The van der Waals surface area contributed by atoms with Crippen LogP contribution in [0.3, 0.4) is 0 Å². The molecule has 1 saturated heterocycles. The van der Waals surface area contributed by atoms with Crippen molar-refractivity contribution in [1.82, 2.24) is 15.1 Å². The van der Waals surface area contributed by atoms with Crippen LogP contribution >= 0.6 is 11.3 Å². The van der Waals surface area contributed by atoms with Crippen molar-refractivity contribution in [3.05, 3.63) is 53.5 Å². The third-order valence-electron chi connectivity index (χ3n) is 5.23. The molecule has 1 aliphatic rings. The predicted molar refractivity (Wildman–Crippen MR) is 117 cm³/mol. The van der Waals surface area contributed by atoms with E-state index in [1.54, 1.807) is 25.6 Å². The van der Waals surface area contributed by atoms with Crippen molar-refractivity contribution in [2.45, 2.75) is 18.8 Å². The van der Waals surface area contributed by atoms with E-state index in [1.165, 1.54) is 0 Å². The van der Waals surface area contributed by atoms with Gasteiger partial charge in [-0.3, -0.25) is 0 Å². The maximum atomic E-state index is 12.6. The van der Waals surface area contributed by atoms with Gasteiger partial charge in [-0.15, -0.1) is 10.2 Å². The molecule has 156 valence electrons. The second kappa shape index (κ2) is 9.13. The van der Waals surface area contributed by atoms with E-state index in [9.17, 15) is 4.79 Å². The van der Waals surface area contributed by atoms with Gasteiger partial charge in [0.25, 0.3) is 0 Å². The second-order valence-corrected chi connectivity index (χ2v) is 8.08. The minimum Gasteiger partial charge on any atom is -0.497 e. The molecule has 0 aliphatic carbocycles. The van der Waals surface area contributed by atoms with E-state index in [0.717, 1.165) is 39.9 Å².